The Morgan fingerprint density at radius 3 is 2.64 bits per heavy atom. The number of aryl methyl sites for hydroxylation is 1. The van der Waals surface area contributed by atoms with Crippen LogP contribution in [-0.4, -0.2) is 13.0 Å². The van der Waals surface area contributed by atoms with E-state index in [2.05, 4.69) is 11.4 Å². The largest absolute Gasteiger partial charge is 0.497 e. The quantitative estimate of drug-likeness (QED) is 0.799. The summed E-state index contributed by atoms with van der Waals surface area (Å²) in [7, 11) is 1.65. The first-order valence-electron chi connectivity index (χ1n) is 7.06. The maximum atomic E-state index is 12.0. The topological polar surface area (TPSA) is 51.5 Å². The van der Waals surface area contributed by atoms with Gasteiger partial charge < -0.3 is 14.5 Å². The monoisotopic (exact) mass is 295 g/mol. The van der Waals surface area contributed by atoms with Gasteiger partial charge in [-0.05, 0) is 47.5 Å². The summed E-state index contributed by atoms with van der Waals surface area (Å²) in [6.45, 7) is 2.31. The third-order valence-electron chi connectivity index (χ3n) is 3.63. The van der Waals surface area contributed by atoms with E-state index in [0.29, 0.717) is 12.3 Å². The van der Waals surface area contributed by atoms with Crippen LogP contribution in [0.4, 0.5) is 0 Å². The standard InChI is InChI=1S/C18H17NO3/c1-12-7-8-22-17(12)18(20)19-11-13-3-4-15-10-16(21-2)6-5-14(15)9-13/h3-10H,11H2,1-2H3,(H,19,20). The summed E-state index contributed by atoms with van der Waals surface area (Å²) < 4.78 is 10.4. The molecule has 1 N–H and O–H groups in total. The Hall–Kier alpha value is -2.75. The van der Waals surface area contributed by atoms with Gasteiger partial charge in [0.25, 0.3) is 5.91 Å². The summed E-state index contributed by atoms with van der Waals surface area (Å²) in [6.07, 6.45) is 1.52. The second-order valence-electron chi connectivity index (χ2n) is 5.16. The lowest BCUT2D eigenvalue weighted by molar-refractivity contribution is 0.0922. The molecule has 0 spiro atoms. The van der Waals surface area contributed by atoms with Crippen LogP contribution in [0.15, 0.2) is 53.1 Å². The zero-order chi connectivity index (χ0) is 15.5. The highest BCUT2D eigenvalue weighted by Gasteiger charge is 2.11. The number of nitrogens with one attached hydrogen (secondary N) is 1. The summed E-state index contributed by atoms with van der Waals surface area (Å²) in [4.78, 5) is 12.0. The molecular formula is C18H17NO3. The normalized spacial score (nSPS) is 10.6. The SMILES string of the molecule is COc1ccc2cc(CNC(=O)c3occc3C)ccc2c1. The number of furan rings is 1. The summed E-state index contributed by atoms with van der Waals surface area (Å²) in [5.74, 6) is 1.00. The van der Waals surface area contributed by atoms with Crippen LogP contribution in [0.2, 0.25) is 0 Å². The predicted molar refractivity (Wildman–Crippen MR) is 85.1 cm³/mol. The van der Waals surface area contributed by atoms with Crippen molar-refractivity contribution in [1.82, 2.24) is 5.32 Å². The molecule has 0 saturated heterocycles. The molecule has 0 radical (unpaired) electrons. The fourth-order valence-corrected chi connectivity index (χ4v) is 2.38. The summed E-state index contributed by atoms with van der Waals surface area (Å²) in [5, 5.41) is 5.09. The molecule has 0 fully saturated rings. The van der Waals surface area contributed by atoms with Crippen LogP contribution in [-0.2, 0) is 6.54 Å². The molecule has 0 aliphatic carbocycles. The van der Waals surface area contributed by atoms with Crippen molar-refractivity contribution in [3.63, 3.8) is 0 Å². The number of ether oxygens (including phenoxy) is 1. The van der Waals surface area contributed by atoms with Gasteiger partial charge in [-0.15, -0.1) is 0 Å². The number of methoxy groups -OCH3 is 1. The lowest BCUT2D eigenvalue weighted by Crippen LogP contribution is -2.22. The number of amides is 1. The van der Waals surface area contributed by atoms with Crippen LogP contribution in [0.1, 0.15) is 21.7 Å². The van der Waals surface area contributed by atoms with Crippen molar-refractivity contribution in [2.45, 2.75) is 13.5 Å². The fraction of sp³-hybridized carbons (Fsp3) is 0.167. The number of fused-ring (bicyclic) bond motifs is 1. The van der Waals surface area contributed by atoms with Crippen molar-refractivity contribution >= 4 is 16.7 Å². The smallest absolute Gasteiger partial charge is 0.287 e. The van der Waals surface area contributed by atoms with E-state index >= 15 is 0 Å². The van der Waals surface area contributed by atoms with Crippen molar-refractivity contribution in [2.24, 2.45) is 0 Å². The first-order chi connectivity index (χ1) is 10.7. The highest BCUT2D eigenvalue weighted by Crippen LogP contribution is 2.22. The molecule has 0 saturated carbocycles. The maximum absolute atomic E-state index is 12.0. The lowest BCUT2D eigenvalue weighted by atomic mass is 10.1. The van der Waals surface area contributed by atoms with Crippen LogP contribution in [0, 0.1) is 6.92 Å². The van der Waals surface area contributed by atoms with Crippen molar-refractivity contribution in [1.29, 1.82) is 0 Å². The van der Waals surface area contributed by atoms with Crippen LogP contribution in [0.25, 0.3) is 10.8 Å². The van der Waals surface area contributed by atoms with Gasteiger partial charge in [0.05, 0.1) is 13.4 Å². The van der Waals surface area contributed by atoms with Crippen LogP contribution in [0.3, 0.4) is 0 Å². The molecule has 1 aromatic heterocycles. The van der Waals surface area contributed by atoms with Gasteiger partial charge in [-0.25, -0.2) is 0 Å². The Balaban J connectivity index is 1.74. The lowest BCUT2D eigenvalue weighted by Gasteiger charge is -2.07. The van der Waals surface area contributed by atoms with E-state index in [1.165, 1.54) is 6.26 Å². The van der Waals surface area contributed by atoms with Crippen molar-refractivity contribution in [2.75, 3.05) is 7.11 Å². The van der Waals surface area contributed by atoms with Gasteiger partial charge >= 0.3 is 0 Å². The number of rotatable bonds is 4. The summed E-state index contributed by atoms with van der Waals surface area (Å²) in [6, 6.07) is 13.8. The number of carbonyl (C=O) groups is 1. The van der Waals surface area contributed by atoms with Crippen molar-refractivity contribution < 1.29 is 13.9 Å². The highest BCUT2D eigenvalue weighted by atomic mass is 16.5. The fourth-order valence-electron chi connectivity index (χ4n) is 2.38. The predicted octanol–water partition coefficient (Wildman–Crippen LogP) is 3.68. The average molecular weight is 295 g/mol. The Labute approximate surface area is 128 Å². The summed E-state index contributed by atoms with van der Waals surface area (Å²) >= 11 is 0. The minimum Gasteiger partial charge on any atom is -0.497 e. The van der Waals surface area contributed by atoms with E-state index in [1.807, 2.05) is 37.3 Å². The zero-order valence-electron chi connectivity index (χ0n) is 12.6. The highest BCUT2D eigenvalue weighted by molar-refractivity contribution is 5.92. The second-order valence-corrected chi connectivity index (χ2v) is 5.16. The van der Waals surface area contributed by atoms with Gasteiger partial charge in [-0.1, -0.05) is 18.2 Å². The van der Waals surface area contributed by atoms with E-state index in [0.717, 1.165) is 27.6 Å². The molecule has 0 atom stereocenters. The van der Waals surface area contributed by atoms with Gasteiger partial charge in [0.15, 0.2) is 5.76 Å². The van der Waals surface area contributed by atoms with Crippen LogP contribution >= 0.6 is 0 Å². The van der Waals surface area contributed by atoms with Gasteiger partial charge in [-0.3, -0.25) is 4.79 Å². The molecule has 1 amide bonds. The molecule has 0 bridgehead atoms. The van der Waals surface area contributed by atoms with E-state index in [9.17, 15) is 4.79 Å². The number of hydrogen-bond donors (Lipinski definition) is 1. The molecule has 22 heavy (non-hydrogen) atoms. The van der Waals surface area contributed by atoms with E-state index in [4.69, 9.17) is 9.15 Å². The number of hydrogen-bond acceptors (Lipinski definition) is 3. The molecular weight excluding hydrogens is 278 g/mol. The zero-order valence-corrected chi connectivity index (χ0v) is 12.6. The van der Waals surface area contributed by atoms with Crippen LogP contribution < -0.4 is 10.1 Å². The summed E-state index contributed by atoms with van der Waals surface area (Å²) in [5.41, 5.74) is 1.87. The third-order valence-corrected chi connectivity index (χ3v) is 3.63. The molecule has 0 aliphatic heterocycles. The number of carbonyl (C=O) groups excluding carboxylic acids is 1. The Kier molecular flexibility index (Phi) is 3.83. The Morgan fingerprint density at radius 2 is 1.91 bits per heavy atom. The third kappa shape index (κ3) is 2.81. The van der Waals surface area contributed by atoms with Crippen molar-refractivity contribution in [3.05, 3.63) is 65.6 Å². The van der Waals surface area contributed by atoms with Crippen molar-refractivity contribution in [3.8, 4) is 5.75 Å². The van der Waals surface area contributed by atoms with Gasteiger partial charge in [0, 0.05) is 12.1 Å². The molecule has 1 heterocycles. The molecule has 3 rings (SSSR count). The molecule has 4 heteroatoms. The Morgan fingerprint density at radius 1 is 1.14 bits per heavy atom. The molecule has 112 valence electrons. The molecule has 2 aromatic carbocycles. The van der Waals surface area contributed by atoms with E-state index < -0.39 is 0 Å². The van der Waals surface area contributed by atoms with Gasteiger partial charge in [-0.2, -0.15) is 0 Å². The molecule has 3 aromatic rings. The first kappa shape index (κ1) is 14.2. The molecule has 0 aliphatic rings. The minimum atomic E-state index is -0.197. The number of benzene rings is 2. The average Bonchev–Trinajstić information content (AvgIpc) is 2.98. The van der Waals surface area contributed by atoms with Gasteiger partial charge in [0.2, 0.25) is 0 Å². The first-order valence-corrected chi connectivity index (χ1v) is 7.06. The minimum absolute atomic E-state index is 0.197. The maximum Gasteiger partial charge on any atom is 0.287 e. The Bertz CT molecular complexity index is 820. The molecule has 4 nitrogen and oxygen atoms in total. The van der Waals surface area contributed by atoms with E-state index in [1.54, 1.807) is 13.2 Å². The van der Waals surface area contributed by atoms with Crippen LogP contribution in [0.5, 0.6) is 5.75 Å². The molecule has 0 unspecified atom stereocenters. The second kappa shape index (κ2) is 5.93. The van der Waals surface area contributed by atoms with E-state index in [-0.39, 0.29) is 5.91 Å². The van der Waals surface area contributed by atoms with Gasteiger partial charge in [0.1, 0.15) is 5.75 Å².